The molecule has 1 aromatic carbocycles. The highest BCUT2D eigenvalue weighted by Gasteiger charge is 2.21. The molecule has 0 aromatic heterocycles. The zero-order chi connectivity index (χ0) is 20.7. The van der Waals surface area contributed by atoms with Gasteiger partial charge in [-0.1, -0.05) is 12.1 Å². The van der Waals surface area contributed by atoms with Gasteiger partial charge >= 0.3 is 0 Å². The molecule has 2 N–H and O–H groups in total. The van der Waals surface area contributed by atoms with Crippen LogP contribution in [0.4, 0.5) is 0 Å². The number of aryl methyl sites for hydroxylation is 1. The predicted molar refractivity (Wildman–Crippen MR) is 117 cm³/mol. The molecule has 1 heterocycles. The quantitative estimate of drug-likeness (QED) is 0.536. The largest absolute Gasteiger partial charge is 0.357 e. The molecule has 0 spiro atoms. The third kappa shape index (κ3) is 6.78. The van der Waals surface area contributed by atoms with E-state index in [1.807, 2.05) is 19.1 Å². The highest BCUT2D eigenvalue weighted by molar-refractivity contribution is 7.90. The third-order valence-electron chi connectivity index (χ3n) is 5.24. The van der Waals surface area contributed by atoms with Crippen molar-refractivity contribution in [3.8, 4) is 0 Å². The number of nitrogens with one attached hydrogen (secondary N) is 2. The third-order valence-corrected chi connectivity index (χ3v) is 6.50. The minimum Gasteiger partial charge on any atom is -0.357 e. The molecule has 28 heavy (non-hydrogen) atoms. The first-order valence-corrected chi connectivity index (χ1v) is 12.2. The van der Waals surface area contributed by atoms with E-state index in [4.69, 9.17) is 0 Å². The number of hydrogen-bond acceptors (Lipinski definition) is 4. The molecule has 1 atom stereocenters. The van der Waals surface area contributed by atoms with E-state index in [1.165, 1.54) is 25.6 Å². The van der Waals surface area contributed by atoms with Crippen LogP contribution in [0.3, 0.4) is 0 Å². The number of guanidine groups is 1. The molecule has 1 aromatic rings. The van der Waals surface area contributed by atoms with Gasteiger partial charge in [0.2, 0.25) is 0 Å². The van der Waals surface area contributed by atoms with Crippen molar-refractivity contribution in [2.45, 2.75) is 58.0 Å². The van der Waals surface area contributed by atoms with E-state index in [-0.39, 0.29) is 0 Å². The van der Waals surface area contributed by atoms with Crippen molar-refractivity contribution in [2.75, 3.05) is 32.4 Å². The lowest BCUT2D eigenvalue weighted by Crippen LogP contribution is -2.46. The molecule has 6 nitrogen and oxygen atoms in total. The summed E-state index contributed by atoms with van der Waals surface area (Å²) >= 11 is 0. The van der Waals surface area contributed by atoms with E-state index in [9.17, 15) is 8.42 Å². The molecule has 1 fully saturated rings. The van der Waals surface area contributed by atoms with Crippen molar-refractivity contribution in [3.63, 3.8) is 0 Å². The molecule has 1 saturated heterocycles. The molecule has 0 amide bonds. The standard InChI is InChI=1S/C21H36N4O2S/c1-6-22-21(24-14-19-8-7-11-25(15-19)16(2)3)23-13-18-9-10-20(17(4)12-18)28(5,26)27/h9-10,12,16,19H,6-8,11,13-15H2,1-5H3,(H2,22,23,24). The van der Waals surface area contributed by atoms with Crippen molar-refractivity contribution >= 4 is 15.8 Å². The number of hydrogen-bond donors (Lipinski definition) is 2. The molecule has 7 heteroatoms. The summed E-state index contributed by atoms with van der Waals surface area (Å²) in [6.45, 7) is 13.0. The van der Waals surface area contributed by atoms with E-state index in [0.29, 0.717) is 23.4 Å². The molecule has 0 bridgehead atoms. The molecule has 2 rings (SSSR count). The Hall–Kier alpha value is -1.60. The Kier molecular flexibility index (Phi) is 8.31. The molecule has 1 unspecified atom stereocenters. The lowest BCUT2D eigenvalue weighted by atomic mass is 9.97. The van der Waals surface area contributed by atoms with Crippen LogP contribution >= 0.6 is 0 Å². The monoisotopic (exact) mass is 408 g/mol. The maximum absolute atomic E-state index is 11.8. The van der Waals surface area contributed by atoms with Gasteiger partial charge in [0.25, 0.3) is 0 Å². The lowest BCUT2D eigenvalue weighted by molar-refractivity contribution is 0.141. The summed E-state index contributed by atoms with van der Waals surface area (Å²) in [4.78, 5) is 7.62. The van der Waals surface area contributed by atoms with Crippen molar-refractivity contribution < 1.29 is 8.42 Å². The summed E-state index contributed by atoms with van der Waals surface area (Å²) in [5, 5.41) is 6.79. The highest BCUT2D eigenvalue weighted by Crippen LogP contribution is 2.18. The Balaban J connectivity index is 1.97. The van der Waals surface area contributed by atoms with E-state index in [1.54, 1.807) is 6.07 Å². The second-order valence-electron chi connectivity index (χ2n) is 8.05. The molecule has 1 aliphatic rings. The zero-order valence-electron chi connectivity index (χ0n) is 18.0. The van der Waals surface area contributed by atoms with Gasteiger partial charge in [-0.25, -0.2) is 13.4 Å². The van der Waals surface area contributed by atoms with Gasteiger partial charge in [0, 0.05) is 31.9 Å². The molecule has 1 aliphatic heterocycles. The second kappa shape index (κ2) is 10.3. The minimum absolute atomic E-state index is 0.386. The van der Waals surface area contributed by atoms with Gasteiger partial charge in [-0.2, -0.15) is 0 Å². The van der Waals surface area contributed by atoms with Crippen LogP contribution in [0.15, 0.2) is 28.1 Å². The predicted octanol–water partition coefficient (Wildman–Crippen LogP) is 2.57. The van der Waals surface area contributed by atoms with E-state index < -0.39 is 9.84 Å². The van der Waals surface area contributed by atoms with Gasteiger partial charge in [0.1, 0.15) is 0 Å². The van der Waals surface area contributed by atoms with Crippen LogP contribution in [-0.4, -0.2) is 57.8 Å². The van der Waals surface area contributed by atoms with Crippen LogP contribution in [0.1, 0.15) is 44.7 Å². The molecular formula is C21H36N4O2S. The van der Waals surface area contributed by atoms with E-state index in [2.05, 4.69) is 41.3 Å². The molecule has 0 saturated carbocycles. The number of benzene rings is 1. The summed E-state index contributed by atoms with van der Waals surface area (Å²) in [5.74, 6) is 1.45. The normalized spacial score (nSPS) is 19.1. The van der Waals surface area contributed by atoms with Crippen LogP contribution in [-0.2, 0) is 16.4 Å². The van der Waals surface area contributed by atoms with Crippen molar-refractivity contribution in [2.24, 2.45) is 10.9 Å². The van der Waals surface area contributed by atoms with Gasteiger partial charge < -0.3 is 15.5 Å². The number of piperidine rings is 1. The minimum atomic E-state index is -3.19. The summed E-state index contributed by atoms with van der Waals surface area (Å²) < 4.78 is 23.5. The van der Waals surface area contributed by atoms with Crippen LogP contribution in [0.25, 0.3) is 0 Å². The summed E-state index contributed by atoms with van der Waals surface area (Å²) in [6, 6.07) is 6.03. The first-order chi connectivity index (χ1) is 13.2. The average Bonchev–Trinajstić information content (AvgIpc) is 2.63. The fourth-order valence-electron chi connectivity index (χ4n) is 3.71. The van der Waals surface area contributed by atoms with Gasteiger partial charge in [-0.15, -0.1) is 0 Å². The second-order valence-corrected chi connectivity index (χ2v) is 10.0. The summed E-state index contributed by atoms with van der Waals surface area (Å²) in [6.07, 6.45) is 3.75. The van der Waals surface area contributed by atoms with E-state index >= 15 is 0 Å². The Morgan fingerprint density at radius 2 is 2.07 bits per heavy atom. The lowest BCUT2D eigenvalue weighted by Gasteiger charge is -2.35. The topological polar surface area (TPSA) is 73.8 Å². The highest BCUT2D eigenvalue weighted by atomic mass is 32.2. The fraction of sp³-hybridized carbons (Fsp3) is 0.667. The number of rotatable bonds is 7. The van der Waals surface area contributed by atoms with Gasteiger partial charge in [0.05, 0.1) is 11.4 Å². The van der Waals surface area contributed by atoms with E-state index in [0.717, 1.165) is 36.7 Å². The van der Waals surface area contributed by atoms with Crippen LogP contribution < -0.4 is 10.6 Å². The fourth-order valence-corrected chi connectivity index (χ4v) is 4.67. The molecule has 0 aliphatic carbocycles. The van der Waals surface area contributed by atoms with Gasteiger partial charge in [-0.3, -0.25) is 0 Å². The number of likely N-dealkylation sites (tertiary alicyclic amines) is 1. The van der Waals surface area contributed by atoms with Crippen molar-refractivity contribution in [1.29, 1.82) is 0 Å². The molecule has 158 valence electrons. The number of nitrogens with zero attached hydrogens (tertiary/aromatic N) is 2. The average molecular weight is 409 g/mol. The first-order valence-electron chi connectivity index (χ1n) is 10.3. The number of aliphatic imine (C=N–C) groups is 1. The van der Waals surface area contributed by atoms with Crippen LogP contribution in [0, 0.1) is 12.8 Å². The van der Waals surface area contributed by atoms with Gasteiger partial charge in [0.15, 0.2) is 15.8 Å². The molecule has 0 radical (unpaired) electrons. The Morgan fingerprint density at radius 3 is 2.68 bits per heavy atom. The first kappa shape index (κ1) is 22.7. The molecular weight excluding hydrogens is 372 g/mol. The van der Waals surface area contributed by atoms with Crippen LogP contribution in [0.5, 0.6) is 0 Å². The SMILES string of the molecule is CCNC(=NCc1ccc(S(C)(=O)=O)c(C)c1)NCC1CCCN(C(C)C)C1. The maximum atomic E-state index is 11.8. The zero-order valence-corrected chi connectivity index (χ0v) is 18.8. The Bertz CT molecular complexity index is 775. The van der Waals surface area contributed by atoms with Crippen molar-refractivity contribution in [3.05, 3.63) is 29.3 Å². The Morgan fingerprint density at radius 1 is 1.32 bits per heavy atom. The Labute approximate surface area is 170 Å². The number of sulfone groups is 1. The smallest absolute Gasteiger partial charge is 0.191 e. The van der Waals surface area contributed by atoms with Gasteiger partial charge in [-0.05, 0) is 70.2 Å². The maximum Gasteiger partial charge on any atom is 0.191 e. The summed E-state index contributed by atoms with van der Waals surface area (Å²) in [7, 11) is -3.19. The summed E-state index contributed by atoms with van der Waals surface area (Å²) in [5.41, 5.74) is 1.77. The van der Waals surface area contributed by atoms with Crippen LogP contribution in [0.2, 0.25) is 0 Å². The van der Waals surface area contributed by atoms with Crippen molar-refractivity contribution in [1.82, 2.24) is 15.5 Å².